The second kappa shape index (κ2) is 12.0. The average Bonchev–Trinajstić information content (AvgIpc) is 2.96. The summed E-state index contributed by atoms with van der Waals surface area (Å²) >= 11 is 15.2. The highest BCUT2D eigenvalue weighted by atomic mass is 79.9. The lowest BCUT2D eigenvalue weighted by atomic mass is 10.0. The molecular formula is C31H22BrClN2O4S. The van der Waals surface area contributed by atoms with Crippen LogP contribution in [0.2, 0.25) is 5.02 Å². The molecule has 1 fully saturated rings. The number of para-hydroxylation sites is 2. The van der Waals surface area contributed by atoms with Gasteiger partial charge in [0.15, 0.2) is 16.6 Å². The number of amides is 2. The van der Waals surface area contributed by atoms with Gasteiger partial charge in [0.2, 0.25) is 0 Å². The van der Waals surface area contributed by atoms with Crippen molar-refractivity contribution in [2.24, 2.45) is 0 Å². The van der Waals surface area contributed by atoms with Crippen molar-refractivity contribution in [2.45, 2.75) is 6.61 Å². The first-order valence-corrected chi connectivity index (χ1v) is 13.7. The first-order chi connectivity index (χ1) is 19.4. The van der Waals surface area contributed by atoms with Gasteiger partial charge in [-0.15, -0.1) is 0 Å². The van der Waals surface area contributed by atoms with Gasteiger partial charge in [0, 0.05) is 5.02 Å². The Kier molecular flexibility index (Phi) is 8.30. The fraction of sp³-hybridized carbons (Fsp3) is 0.0645. The molecule has 1 aliphatic rings. The SMILES string of the molecule is COc1cc(C=C2C(=O)N(c3ccccc3)C(=S)N(c3ccccc3)C2=O)cc(Br)c1OCc1ccc(Cl)cc1. The summed E-state index contributed by atoms with van der Waals surface area (Å²) in [6.07, 6.45) is 1.54. The monoisotopic (exact) mass is 632 g/mol. The molecule has 0 N–H and O–H groups in total. The van der Waals surface area contributed by atoms with E-state index in [2.05, 4.69) is 15.9 Å². The largest absolute Gasteiger partial charge is 0.493 e. The van der Waals surface area contributed by atoms with Crippen LogP contribution in [0.25, 0.3) is 6.08 Å². The number of thiocarbonyl (C=S) groups is 1. The quantitative estimate of drug-likeness (QED) is 0.120. The van der Waals surface area contributed by atoms with Crippen LogP contribution in [0.15, 0.2) is 107 Å². The van der Waals surface area contributed by atoms with Crippen LogP contribution in [0, 0.1) is 0 Å². The Bertz CT molecular complexity index is 1550. The van der Waals surface area contributed by atoms with Crippen LogP contribution in [0.5, 0.6) is 11.5 Å². The maximum atomic E-state index is 13.8. The molecule has 0 unspecified atom stereocenters. The summed E-state index contributed by atoms with van der Waals surface area (Å²) in [6.45, 7) is 0.291. The lowest BCUT2D eigenvalue weighted by Crippen LogP contribution is -2.56. The van der Waals surface area contributed by atoms with E-state index >= 15 is 0 Å². The van der Waals surface area contributed by atoms with Gasteiger partial charge < -0.3 is 9.47 Å². The van der Waals surface area contributed by atoms with Crippen LogP contribution in [-0.2, 0) is 16.2 Å². The number of nitrogens with zero attached hydrogens (tertiary/aromatic N) is 2. The molecular weight excluding hydrogens is 612 g/mol. The molecule has 0 aliphatic carbocycles. The molecule has 0 bridgehead atoms. The second-order valence-corrected chi connectivity index (χ2v) is 10.4. The zero-order valence-electron chi connectivity index (χ0n) is 21.2. The van der Waals surface area contributed by atoms with Crippen molar-refractivity contribution >= 4 is 74.1 Å². The number of benzene rings is 4. The summed E-state index contributed by atoms with van der Waals surface area (Å²) in [5.41, 5.74) is 2.56. The van der Waals surface area contributed by atoms with Crippen LogP contribution in [-0.4, -0.2) is 24.0 Å². The number of halogens is 2. The third-order valence-corrected chi connectivity index (χ3v) is 7.34. The molecule has 4 aromatic carbocycles. The Balaban J connectivity index is 1.53. The Hall–Kier alpha value is -3.98. The topological polar surface area (TPSA) is 59.1 Å². The average molecular weight is 634 g/mol. The fourth-order valence-electron chi connectivity index (χ4n) is 4.21. The molecule has 4 aromatic rings. The predicted octanol–water partition coefficient (Wildman–Crippen LogP) is 7.44. The van der Waals surface area contributed by atoms with Gasteiger partial charge in [0.25, 0.3) is 11.8 Å². The van der Waals surface area contributed by atoms with Crippen molar-refractivity contribution in [1.82, 2.24) is 0 Å². The number of anilines is 2. The first kappa shape index (κ1) is 27.6. The minimum atomic E-state index is -0.522. The van der Waals surface area contributed by atoms with E-state index in [0.29, 0.717) is 44.5 Å². The molecule has 0 saturated carbocycles. The third kappa shape index (κ3) is 5.65. The van der Waals surface area contributed by atoms with E-state index in [-0.39, 0.29) is 10.7 Å². The molecule has 5 rings (SSSR count). The van der Waals surface area contributed by atoms with Gasteiger partial charge in [-0.05, 0) is 93.9 Å². The molecule has 1 heterocycles. The molecule has 9 heteroatoms. The Morgan fingerprint density at radius 1 is 0.850 bits per heavy atom. The number of ether oxygens (including phenoxy) is 2. The number of carbonyl (C=O) groups is 2. The predicted molar refractivity (Wildman–Crippen MR) is 165 cm³/mol. The summed E-state index contributed by atoms with van der Waals surface area (Å²) in [5.74, 6) is -0.127. The summed E-state index contributed by atoms with van der Waals surface area (Å²) < 4.78 is 12.2. The molecule has 0 aromatic heterocycles. The zero-order chi connectivity index (χ0) is 28.2. The van der Waals surface area contributed by atoms with E-state index in [1.54, 1.807) is 48.5 Å². The lowest BCUT2D eigenvalue weighted by molar-refractivity contribution is -0.120. The molecule has 40 heavy (non-hydrogen) atoms. The number of hydrogen-bond donors (Lipinski definition) is 0. The molecule has 1 saturated heterocycles. The van der Waals surface area contributed by atoms with Crippen molar-refractivity contribution in [3.8, 4) is 11.5 Å². The number of carbonyl (C=O) groups excluding carboxylic acids is 2. The Labute approximate surface area is 250 Å². The van der Waals surface area contributed by atoms with Crippen molar-refractivity contribution in [2.75, 3.05) is 16.9 Å². The molecule has 0 radical (unpaired) electrons. The molecule has 1 aliphatic heterocycles. The number of rotatable bonds is 7. The Morgan fingerprint density at radius 3 is 1.93 bits per heavy atom. The van der Waals surface area contributed by atoms with Gasteiger partial charge in [-0.2, -0.15) is 0 Å². The van der Waals surface area contributed by atoms with Crippen LogP contribution < -0.4 is 19.3 Å². The number of hydrogen-bond acceptors (Lipinski definition) is 5. The second-order valence-electron chi connectivity index (χ2n) is 8.74. The van der Waals surface area contributed by atoms with Crippen LogP contribution in [0.4, 0.5) is 11.4 Å². The molecule has 6 nitrogen and oxygen atoms in total. The standard InChI is InChI=1S/C31H22BrClN2O4S/c1-38-27-18-21(17-26(32)28(27)39-19-20-12-14-22(33)15-13-20)16-25-29(36)34(23-8-4-2-5-9-23)31(40)35(30(25)37)24-10-6-3-7-11-24/h2-18H,19H2,1H3. The zero-order valence-corrected chi connectivity index (χ0v) is 24.4. The van der Waals surface area contributed by atoms with E-state index in [1.165, 1.54) is 23.0 Å². The summed E-state index contributed by atoms with van der Waals surface area (Å²) in [4.78, 5) is 30.3. The van der Waals surface area contributed by atoms with Gasteiger partial charge in [0.1, 0.15) is 12.2 Å². The van der Waals surface area contributed by atoms with Gasteiger partial charge in [0.05, 0.1) is 23.0 Å². The van der Waals surface area contributed by atoms with Crippen molar-refractivity contribution in [1.29, 1.82) is 0 Å². The van der Waals surface area contributed by atoms with E-state index < -0.39 is 11.8 Å². The van der Waals surface area contributed by atoms with E-state index in [1.807, 2.05) is 48.5 Å². The molecule has 2 amide bonds. The smallest absolute Gasteiger partial charge is 0.270 e. The highest BCUT2D eigenvalue weighted by molar-refractivity contribution is 9.10. The van der Waals surface area contributed by atoms with E-state index in [9.17, 15) is 9.59 Å². The highest BCUT2D eigenvalue weighted by Crippen LogP contribution is 2.38. The molecule has 200 valence electrons. The fourth-order valence-corrected chi connectivity index (χ4v) is 5.28. The van der Waals surface area contributed by atoms with E-state index in [4.69, 9.17) is 33.3 Å². The van der Waals surface area contributed by atoms with Crippen LogP contribution >= 0.6 is 39.7 Å². The van der Waals surface area contributed by atoms with Crippen molar-refractivity contribution in [3.05, 3.63) is 123 Å². The maximum Gasteiger partial charge on any atom is 0.270 e. The van der Waals surface area contributed by atoms with Crippen molar-refractivity contribution in [3.63, 3.8) is 0 Å². The van der Waals surface area contributed by atoms with Crippen LogP contribution in [0.1, 0.15) is 11.1 Å². The van der Waals surface area contributed by atoms with Gasteiger partial charge in [-0.1, -0.05) is 60.1 Å². The first-order valence-electron chi connectivity index (χ1n) is 12.2. The molecule has 0 atom stereocenters. The minimum absolute atomic E-state index is 0.0508. The summed E-state index contributed by atoms with van der Waals surface area (Å²) in [5, 5.41) is 0.721. The van der Waals surface area contributed by atoms with Crippen LogP contribution in [0.3, 0.4) is 0 Å². The summed E-state index contributed by atoms with van der Waals surface area (Å²) in [7, 11) is 1.53. The lowest BCUT2D eigenvalue weighted by Gasteiger charge is -2.36. The third-order valence-electron chi connectivity index (χ3n) is 6.14. The van der Waals surface area contributed by atoms with Crippen molar-refractivity contribution < 1.29 is 19.1 Å². The van der Waals surface area contributed by atoms with Gasteiger partial charge in [-0.3, -0.25) is 19.4 Å². The highest BCUT2D eigenvalue weighted by Gasteiger charge is 2.41. The Morgan fingerprint density at radius 2 is 1.40 bits per heavy atom. The molecule has 0 spiro atoms. The maximum absolute atomic E-state index is 13.8. The van der Waals surface area contributed by atoms with Gasteiger partial charge >= 0.3 is 0 Å². The summed E-state index contributed by atoms with van der Waals surface area (Å²) in [6, 6.07) is 28.8. The number of methoxy groups -OCH3 is 1. The van der Waals surface area contributed by atoms with Gasteiger partial charge in [-0.25, -0.2) is 0 Å². The van der Waals surface area contributed by atoms with E-state index in [0.717, 1.165) is 5.56 Å². The minimum Gasteiger partial charge on any atom is -0.493 e. The normalized spacial score (nSPS) is 13.5.